The highest BCUT2D eigenvalue weighted by Crippen LogP contribution is 2.30. The number of thioether (sulfide) groups is 1. The number of amides is 1. The minimum atomic E-state index is -0.220. The van der Waals surface area contributed by atoms with Crippen molar-refractivity contribution in [3.63, 3.8) is 0 Å². The molecule has 2 aromatic carbocycles. The maximum Gasteiger partial charge on any atom is 0.234 e. The van der Waals surface area contributed by atoms with Crippen LogP contribution in [0.25, 0.3) is 11.3 Å². The standard InChI is InChI=1S/C19H14Cl3N3OS/c1-11-9-16(12-5-7-13(20)8-6-12)25-19(23-11)27-10-17(26)24-15-4-2-3-14(21)18(15)22/h2-9H,10H2,1H3,(H,24,26). The summed E-state index contributed by atoms with van der Waals surface area (Å²) >= 11 is 19.2. The molecule has 1 amide bonds. The van der Waals surface area contributed by atoms with Gasteiger partial charge in [-0.3, -0.25) is 4.79 Å². The Balaban J connectivity index is 1.69. The van der Waals surface area contributed by atoms with Gasteiger partial charge in [0.15, 0.2) is 5.16 Å². The van der Waals surface area contributed by atoms with E-state index in [1.165, 1.54) is 11.8 Å². The van der Waals surface area contributed by atoms with E-state index in [-0.39, 0.29) is 11.7 Å². The van der Waals surface area contributed by atoms with Gasteiger partial charge in [0, 0.05) is 16.3 Å². The molecule has 0 fully saturated rings. The van der Waals surface area contributed by atoms with Crippen LogP contribution in [0.1, 0.15) is 5.69 Å². The summed E-state index contributed by atoms with van der Waals surface area (Å²) in [6.07, 6.45) is 0. The maximum absolute atomic E-state index is 12.2. The summed E-state index contributed by atoms with van der Waals surface area (Å²) in [5.74, 6) is -0.0749. The van der Waals surface area contributed by atoms with Crippen LogP contribution in [0.4, 0.5) is 5.69 Å². The van der Waals surface area contributed by atoms with Crippen molar-refractivity contribution in [3.05, 3.63) is 69.3 Å². The summed E-state index contributed by atoms with van der Waals surface area (Å²) in [4.78, 5) is 21.1. The van der Waals surface area contributed by atoms with Crippen molar-refractivity contribution in [1.29, 1.82) is 0 Å². The summed E-state index contributed by atoms with van der Waals surface area (Å²) < 4.78 is 0. The third kappa shape index (κ3) is 5.36. The Morgan fingerprint density at radius 2 is 1.81 bits per heavy atom. The van der Waals surface area contributed by atoms with Gasteiger partial charge in [0.2, 0.25) is 5.91 Å². The quantitative estimate of drug-likeness (QED) is 0.384. The Hall–Kier alpha value is -1.79. The molecule has 3 rings (SSSR count). The number of rotatable bonds is 5. The van der Waals surface area contributed by atoms with E-state index in [2.05, 4.69) is 15.3 Å². The topological polar surface area (TPSA) is 54.9 Å². The Bertz CT molecular complexity index is 980. The van der Waals surface area contributed by atoms with Gasteiger partial charge in [0.05, 0.1) is 27.2 Å². The van der Waals surface area contributed by atoms with Gasteiger partial charge in [-0.2, -0.15) is 0 Å². The van der Waals surface area contributed by atoms with Gasteiger partial charge in [-0.25, -0.2) is 9.97 Å². The number of aromatic nitrogens is 2. The molecule has 4 nitrogen and oxygen atoms in total. The molecule has 1 N–H and O–H groups in total. The van der Waals surface area contributed by atoms with Crippen LogP contribution in [0.3, 0.4) is 0 Å². The predicted molar refractivity (Wildman–Crippen MR) is 113 cm³/mol. The number of halogens is 3. The lowest BCUT2D eigenvalue weighted by Crippen LogP contribution is -2.14. The molecule has 27 heavy (non-hydrogen) atoms. The highest BCUT2D eigenvalue weighted by Gasteiger charge is 2.11. The second-order valence-electron chi connectivity index (χ2n) is 5.62. The lowest BCUT2D eigenvalue weighted by Gasteiger charge is -2.09. The number of nitrogens with zero attached hydrogens (tertiary/aromatic N) is 2. The highest BCUT2D eigenvalue weighted by atomic mass is 35.5. The van der Waals surface area contributed by atoms with E-state index in [0.29, 0.717) is 25.9 Å². The number of carbonyl (C=O) groups excluding carboxylic acids is 1. The largest absolute Gasteiger partial charge is 0.324 e. The summed E-state index contributed by atoms with van der Waals surface area (Å²) in [5, 5.41) is 4.63. The molecular weight excluding hydrogens is 425 g/mol. The molecule has 0 spiro atoms. The minimum absolute atomic E-state index is 0.145. The number of hydrogen-bond donors (Lipinski definition) is 1. The van der Waals surface area contributed by atoms with E-state index in [9.17, 15) is 4.79 Å². The van der Waals surface area contributed by atoms with E-state index < -0.39 is 0 Å². The van der Waals surface area contributed by atoms with Crippen molar-refractivity contribution >= 4 is 58.2 Å². The number of benzene rings is 2. The molecular formula is C19H14Cl3N3OS. The maximum atomic E-state index is 12.2. The van der Waals surface area contributed by atoms with Crippen molar-refractivity contribution in [2.75, 3.05) is 11.1 Å². The monoisotopic (exact) mass is 437 g/mol. The van der Waals surface area contributed by atoms with Gasteiger partial charge in [0.25, 0.3) is 0 Å². The molecule has 0 aliphatic rings. The van der Waals surface area contributed by atoms with Crippen molar-refractivity contribution in [1.82, 2.24) is 9.97 Å². The van der Waals surface area contributed by atoms with Crippen molar-refractivity contribution < 1.29 is 4.79 Å². The molecule has 0 saturated carbocycles. The first kappa shape index (κ1) is 20.0. The molecule has 3 aromatic rings. The number of hydrogen-bond acceptors (Lipinski definition) is 4. The first-order valence-electron chi connectivity index (χ1n) is 7.90. The second kappa shape index (κ2) is 8.93. The number of nitrogens with one attached hydrogen (secondary N) is 1. The summed E-state index contributed by atoms with van der Waals surface area (Å²) in [7, 11) is 0. The van der Waals surface area contributed by atoms with Crippen LogP contribution < -0.4 is 5.32 Å². The van der Waals surface area contributed by atoms with E-state index in [1.807, 2.05) is 37.3 Å². The van der Waals surface area contributed by atoms with E-state index in [0.717, 1.165) is 17.0 Å². The summed E-state index contributed by atoms with van der Waals surface area (Å²) in [6, 6.07) is 14.4. The van der Waals surface area contributed by atoms with Crippen molar-refractivity contribution in [3.8, 4) is 11.3 Å². The fourth-order valence-electron chi connectivity index (χ4n) is 2.29. The summed E-state index contributed by atoms with van der Waals surface area (Å²) in [6.45, 7) is 1.89. The van der Waals surface area contributed by atoms with Gasteiger partial charge in [0.1, 0.15) is 0 Å². The normalized spacial score (nSPS) is 10.7. The van der Waals surface area contributed by atoms with E-state index >= 15 is 0 Å². The van der Waals surface area contributed by atoms with Crippen LogP contribution in [0.2, 0.25) is 15.1 Å². The molecule has 0 unspecified atom stereocenters. The van der Waals surface area contributed by atoms with Crippen LogP contribution in [0.15, 0.2) is 53.7 Å². The van der Waals surface area contributed by atoms with Gasteiger partial charge >= 0.3 is 0 Å². The lowest BCUT2D eigenvalue weighted by molar-refractivity contribution is -0.113. The Morgan fingerprint density at radius 3 is 2.56 bits per heavy atom. The summed E-state index contributed by atoms with van der Waals surface area (Å²) in [5.41, 5.74) is 3.00. The fraction of sp³-hybridized carbons (Fsp3) is 0.105. The molecule has 8 heteroatoms. The van der Waals surface area contributed by atoms with Crippen LogP contribution >= 0.6 is 46.6 Å². The zero-order valence-corrected chi connectivity index (χ0v) is 17.3. The van der Waals surface area contributed by atoms with E-state index in [1.54, 1.807) is 18.2 Å². The average Bonchev–Trinajstić information content (AvgIpc) is 2.64. The first-order chi connectivity index (χ1) is 12.9. The number of carbonyl (C=O) groups is 1. The van der Waals surface area contributed by atoms with Gasteiger partial charge < -0.3 is 5.32 Å². The lowest BCUT2D eigenvalue weighted by atomic mass is 10.1. The van der Waals surface area contributed by atoms with Crippen LogP contribution in [-0.4, -0.2) is 21.6 Å². The second-order valence-corrected chi connectivity index (χ2v) is 7.79. The Labute approximate surface area is 176 Å². The smallest absolute Gasteiger partial charge is 0.234 e. The van der Waals surface area contributed by atoms with Gasteiger partial charge in [-0.05, 0) is 37.3 Å². The first-order valence-corrected chi connectivity index (χ1v) is 10.0. The van der Waals surface area contributed by atoms with E-state index in [4.69, 9.17) is 34.8 Å². The zero-order chi connectivity index (χ0) is 19.4. The van der Waals surface area contributed by atoms with Crippen LogP contribution in [-0.2, 0) is 4.79 Å². The SMILES string of the molecule is Cc1cc(-c2ccc(Cl)cc2)nc(SCC(=O)Nc2cccc(Cl)c2Cl)n1. The number of aryl methyl sites for hydroxylation is 1. The average molecular weight is 439 g/mol. The third-order valence-corrected chi connectivity index (χ3v) is 5.45. The van der Waals surface area contributed by atoms with Gasteiger partial charge in [-0.1, -0.05) is 64.8 Å². The zero-order valence-electron chi connectivity index (χ0n) is 14.2. The molecule has 0 radical (unpaired) electrons. The molecule has 0 bridgehead atoms. The molecule has 0 aliphatic carbocycles. The van der Waals surface area contributed by atoms with Crippen molar-refractivity contribution in [2.45, 2.75) is 12.1 Å². The molecule has 0 saturated heterocycles. The van der Waals surface area contributed by atoms with Crippen molar-refractivity contribution in [2.24, 2.45) is 0 Å². The minimum Gasteiger partial charge on any atom is -0.324 e. The van der Waals surface area contributed by atoms with Gasteiger partial charge in [-0.15, -0.1) is 0 Å². The molecule has 1 aromatic heterocycles. The Kier molecular flexibility index (Phi) is 6.60. The van der Waals surface area contributed by atoms with Crippen LogP contribution in [0, 0.1) is 6.92 Å². The molecule has 0 aliphatic heterocycles. The molecule has 138 valence electrons. The predicted octanol–water partition coefficient (Wildman–Crippen LogP) is 6.14. The fourth-order valence-corrected chi connectivity index (χ4v) is 3.47. The molecule has 0 atom stereocenters. The third-order valence-electron chi connectivity index (χ3n) is 3.53. The Morgan fingerprint density at radius 1 is 1.07 bits per heavy atom. The number of anilines is 1. The molecule has 1 heterocycles. The van der Waals surface area contributed by atoms with Crippen LogP contribution in [0.5, 0.6) is 0 Å². The highest BCUT2D eigenvalue weighted by molar-refractivity contribution is 7.99.